The van der Waals surface area contributed by atoms with E-state index in [0.717, 1.165) is 6.29 Å². The van der Waals surface area contributed by atoms with Crippen LogP contribution in [0.2, 0.25) is 0 Å². The van der Waals surface area contributed by atoms with E-state index in [1.807, 2.05) is 20.8 Å². The summed E-state index contributed by atoms with van der Waals surface area (Å²) in [6.45, 7) is 11.9. The van der Waals surface area contributed by atoms with Crippen molar-refractivity contribution in [3.05, 3.63) is 0 Å². The third kappa shape index (κ3) is 16.7. The van der Waals surface area contributed by atoms with Gasteiger partial charge in [-0.1, -0.05) is 13.8 Å². The summed E-state index contributed by atoms with van der Waals surface area (Å²) in [5, 5.41) is 0. The number of hydrogen-bond acceptors (Lipinski definition) is 8. The molecule has 1 atom stereocenters. The summed E-state index contributed by atoms with van der Waals surface area (Å²) >= 11 is 0. The molecule has 0 saturated carbocycles. The molecule has 0 aliphatic heterocycles. The molecule has 1 unspecified atom stereocenters. The van der Waals surface area contributed by atoms with Gasteiger partial charge < -0.3 is 38.1 Å². The molecule has 0 heterocycles. The minimum atomic E-state index is -0.398. The molecule has 0 radical (unpaired) electrons. The van der Waals surface area contributed by atoms with Gasteiger partial charge in [0.25, 0.3) is 0 Å². The smallest absolute Gasteiger partial charge is 0.225 e. The van der Waals surface area contributed by atoms with Crippen LogP contribution >= 0.6 is 0 Å². The second-order valence-corrected chi connectivity index (χ2v) is 6.88. The molecule has 0 spiro atoms. The minimum Gasteiger partial charge on any atom is -0.379 e. The van der Waals surface area contributed by atoms with Gasteiger partial charge in [0.2, 0.25) is 5.91 Å². The summed E-state index contributed by atoms with van der Waals surface area (Å²) < 4.78 is 32.1. The van der Waals surface area contributed by atoms with E-state index in [4.69, 9.17) is 28.4 Å². The molecule has 9 heteroatoms. The highest BCUT2D eigenvalue weighted by Crippen LogP contribution is 2.08. The highest BCUT2D eigenvalue weighted by atomic mass is 16.6. The van der Waals surface area contributed by atoms with E-state index in [1.165, 1.54) is 4.90 Å². The maximum atomic E-state index is 12.0. The van der Waals surface area contributed by atoms with Gasteiger partial charge in [-0.05, 0) is 12.8 Å². The molecule has 0 aliphatic rings. The Labute approximate surface area is 181 Å². The van der Waals surface area contributed by atoms with E-state index in [0.29, 0.717) is 79.3 Å². The lowest BCUT2D eigenvalue weighted by Gasteiger charge is -2.26. The van der Waals surface area contributed by atoms with Gasteiger partial charge in [-0.2, -0.15) is 0 Å². The Morgan fingerprint density at radius 2 is 1.10 bits per heavy atom. The van der Waals surface area contributed by atoms with Gasteiger partial charge >= 0.3 is 0 Å². The second-order valence-electron chi connectivity index (χ2n) is 6.88. The largest absolute Gasteiger partial charge is 0.379 e. The molecule has 0 bridgehead atoms. The molecule has 0 aromatic carbocycles. The van der Waals surface area contributed by atoms with Gasteiger partial charge in [-0.3, -0.25) is 4.79 Å². The maximum Gasteiger partial charge on any atom is 0.225 e. The standard InChI is InChI=1S/C21H41NO8/c1-5-25-8-9-27-12-13-29-16-17-30-15-14-28-11-10-26-7-6-21(24)22(4)20(18-23)19(2)3/h18-20H,5-17H2,1-4H3. The highest BCUT2D eigenvalue weighted by Gasteiger charge is 2.21. The van der Waals surface area contributed by atoms with E-state index in [9.17, 15) is 9.59 Å². The topological polar surface area (TPSA) is 92.8 Å². The zero-order chi connectivity index (χ0) is 22.5. The van der Waals surface area contributed by atoms with Crippen molar-refractivity contribution >= 4 is 12.2 Å². The van der Waals surface area contributed by atoms with Crippen LogP contribution in [0.25, 0.3) is 0 Å². The molecular formula is C21H41NO8. The molecule has 0 N–H and O–H groups in total. The van der Waals surface area contributed by atoms with Crippen molar-refractivity contribution in [3.63, 3.8) is 0 Å². The van der Waals surface area contributed by atoms with Crippen LogP contribution in [0, 0.1) is 5.92 Å². The highest BCUT2D eigenvalue weighted by molar-refractivity contribution is 5.79. The number of carbonyl (C=O) groups excluding carboxylic acids is 2. The number of likely N-dealkylation sites (N-methyl/N-ethyl adjacent to an activating group) is 1. The van der Waals surface area contributed by atoms with Crippen LogP contribution in [0.5, 0.6) is 0 Å². The Bertz CT molecular complexity index is 408. The zero-order valence-corrected chi connectivity index (χ0v) is 19.1. The lowest BCUT2D eigenvalue weighted by atomic mass is 10.0. The summed E-state index contributed by atoms with van der Waals surface area (Å²) in [7, 11) is 1.65. The van der Waals surface area contributed by atoms with Crippen molar-refractivity contribution in [2.45, 2.75) is 33.2 Å². The summed E-state index contributed by atoms with van der Waals surface area (Å²) in [6, 6.07) is -0.398. The average molecular weight is 436 g/mol. The fourth-order valence-electron chi connectivity index (χ4n) is 2.44. The molecule has 9 nitrogen and oxygen atoms in total. The molecule has 0 fully saturated rings. The van der Waals surface area contributed by atoms with Crippen molar-refractivity contribution in [1.82, 2.24) is 4.90 Å². The van der Waals surface area contributed by atoms with Crippen molar-refractivity contribution in [1.29, 1.82) is 0 Å². The number of amides is 1. The zero-order valence-electron chi connectivity index (χ0n) is 19.1. The second kappa shape index (κ2) is 21.1. The number of nitrogens with zero attached hydrogens (tertiary/aromatic N) is 1. The first-order valence-electron chi connectivity index (χ1n) is 10.7. The first-order chi connectivity index (χ1) is 14.5. The van der Waals surface area contributed by atoms with E-state index < -0.39 is 6.04 Å². The van der Waals surface area contributed by atoms with Crippen LogP contribution < -0.4 is 0 Å². The van der Waals surface area contributed by atoms with Crippen LogP contribution in [0.4, 0.5) is 0 Å². The Balaban J connectivity index is 3.33. The molecule has 0 aromatic rings. The Kier molecular flexibility index (Phi) is 20.4. The predicted molar refractivity (Wildman–Crippen MR) is 113 cm³/mol. The fraction of sp³-hybridized carbons (Fsp3) is 0.905. The third-order valence-corrected chi connectivity index (χ3v) is 4.19. The quantitative estimate of drug-likeness (QED) is 0.185. The number of ether oxygens (including phenoxy) is 6. The number of hydrogen-bond donors (Lipinski definition) is 0. The lowest BCUT2D eigenvalue weighted by molar-refractivity contribution is -0.137. The van der Waals surface area contributed by atoms with Crippen molar-refractivity contribution in [2.24, 2.45) is 5.92 Å². The van der Waals surface area contributed by atoms with Crippen LogP contribution in [0.15, 0.2) is 0 Å². The minimum absolute atomic E-state index is 0.0874. The first-order valence-corrected chi connectivity index (χ1v) is 10.7. The van der Waals surface area contributed by atoms with Gasteiger partial charge in [0.05, 0.1) is 85.1 Å². The van der Waals surface area contributed by atoms with Crippen LogP contribution in [-0.4, -0.2) is 109 Å². The molecule has 1 amide bonds. The van der Waals surface area contributed by atoms with Gasteiger partial charge in [0, 0.05) is 13.7 Å². The van der Waals surface area contributed by atoms with Gasteiger partial charge in [0.15, 0.2) is 0 Å². The van der Waals surface area contributed by atoms with E-state index in [2.05, 4.69) is 0 Å². The van der Waals surface area contributed by atoms with Gasteiger partial charge in [0.1, 0.15) is 6.29 Å². The van der Waals surface area contributed by atoms with Crippen LogP contribution in [0.1, 0.15) is 27.2 Å². The molecule has 0 saturated heterocycles. The van der Waals surface area contributed by atoms with Gasteiger partial charge in [-0.25, -0.2) is 0 Å². The SMILES string of the molecule is CCOCCOCCOCCOCCOCCOCCC(=O)N(C)C(C=O)C(C)C. The average Bonchev–Trinajstić information content (AvgIpc) is 2.72. The summed E-state index contributed by atoms with van der Waals surface area (Å²) in [6.07, 6.45) is 1.06. The van der Waals surface area contributed by atoms with E-state index >= 15 is 0 Å². The summed E-state index contributed by atoms with van der Waals surface area (Å²) in [5.74, 6) is -0.0150. The number of aldehydes is 1. The number of rotatable bonds is 22. The first kappa shape index (κ1) is 28.9. The molecule has 0 aliphatic carbocycles. The normalized spacial score (nSPS) is 12.3. The lowest BCUT2D eigenvalue weighted by Crippen LogP contribution is -2.41. The predicted octanol–water partition coefficient (Wildman–Crippen LogP) is 1.18. The van der Waals surface area contributed by atoms with Crippen molar-refractivity contribution in [3.8, 4) is 0 Å². The monoisotopic (exact) mass is 435 g/mol. The maximum absolute atomic E-state index is 12.0. The Hall–Kier alpha value is -1.10. The molecule has 0 rings (SSSR count). The Morgan fingerprint density at radius 3 is 1.43 bits per heavy atom. The number of carbonyl (C=O) groups is 2. The van der Waals surface area contributed by atoms with E-state index in [1.54, 1.807) is 7.05 Å². The Morgan fingerprint density at radius 1 is 0.733 bits per heavy atom. The van der Waals surface area contributed by atoms with Gasteiger partial charge in [-0.15, -0.1) is 0 Å². The van der Waals surface area contributed by atoms with E-state index in [-0.39, 0.29) is 18.2 Å². The molecular weight excluding hydrogens is 394 g/mol. The molecule has 30 heavy (non-hydrogen) atoms. The summed E-state index contributed by atoms with van der Waals surface area (Å²) in [5.41, 5.74) is 0. The molecule has 0 aromatic heterocycles. The van der Waals surface area contributed by atoms with Crippen molar-refractivity contribution in [2.75, 3.05) is 86.3 Å². The van der Waals surface area contributed by atoms with Crippen LogP contribution in [0.3, 0.4) is 0 Å². The summed E-state index contributed by atoms with van der Waals surface area (Å²) in [4.78, 5) is 24.6. The molecule has 178 valence electrons. The fourth-order valence-corrected chi connectivity index (χ4v) is 2.44. The van der Waals surface area contributed by atoms with Crippen molar-refractivity contribution < 1.29 is 38.0 Å². The van der Waals surface area contributed by atoms with Crippen LogP contribution in [-0.2, 0) is 38.0 Å². The third-order valence-electron chi connectivity index (χ3n) is 4.19.